The highest BCUT2D eigenvalue weighted by atomic mass is 35.5. The Balaban J connectivity index is 1.96. The number of hydrogen-bond acceptors (Lipinski definition) is 3. The second-order valence-corrected chi connectivity index (χ2v) is 5.71. The highest BCUT2D eigenvalue weighted by molar-refractivity contribution is 6.30. The Bertz CT molecular complexity index is 446. The molecule has 98 valence electrons. The molecule has 0 aliphatic heterocycles. The Morgan fingerprint density at radius 3 is 2.67 bits per heavy atom. The topological polar surface area (TPSA) is 35.0 Å². The van der Waals surface area contributed by atoms with Gasteiger partial charge in [0.05, 0.1) is 0 Å². The Hall–Kier alpha value is -0.670. The van der Waals surface area contributed by atoms with Gasteiger partial charge in [0.1, 0.15) is 11.3 Å². The van der Waals surface area contributed by atoms with Gasteiger partial charge in [-0.3, -0.25) is 0 Å². The molecule has 0 bridgehead atoms. The maximum atomic E-state index is 6.34. The first-order valence-electron chi connectivity index (χ1n) is 6.87. The van der Waals surface area contributed by atoms with Crippen molar-refractivity contribution in [3.63, 3.8) is 0 Å². The number of hydrogen-bond donors (Lipinski definition) is 0. The van der Waals surface area contributed by atoms with Gasteiger partial charge in [-0.15, -0.1) is 0 Å². The summed E-state index contributed by atoms with van der Waals surface area (Å²) in [5.74, 6) is 1.39. The molecule has 1 aromatic rings. The minimum atomic E-state index is 0.0380. The summed E-state index contributed by atoms with van der Waals surface area (Å²) in [7, 11) is 1.74. The first-order chi connectivity index (χ1) is 8.79. The van der Waals surface area contributed by atoms with Gasteiger partial charge >= 0.3 is 0 Å². The average Bonchev–Trinajstić information content (AvgIpc) is 3.16. The van der Waals surface area contributed by atoms with Crippen LogP contribution in [0.2, 0.25) is 5.15 Å². The molecule has 3 nitrogen and oxygen atoms in total. The fourth-order valence-corrected chi connectivity index (χ4v) is 3.07. The zero-order chi connectivity index (χ0) is 12.5. The van der Waals surface area contributed by atoms with Gasteiger partial charge in [0.25, 0.3) is 0 Å². The maximum absolute atomic E-state index is 6.34. The molecule has 0 amide bonds. The summed E-state index contributed by atoms with van der Waals surface area (Å²) in [5.41, 5.74) is 2.33. The van der Waals surface area contributed by atoms with Crippen LogP contribution in [0, 0.1) is 5.92 Å². The molecule has 0 saturated heterocycles. The second-order valence-electron chi connectivity index (χ2n) is 5.35. The van der Waals surface area contributed by atoms with Crippen LogP contribution in [-0.2, 0) is 17.6 Å². The molecule has 18 heavy (non-hydrogen) atoms. The minimum absolute atomic E-state index is 0.0380. The van der Waals surface area contributed by atoms with Gasteiger partial charge in [-0.1, -0.05) is 18.0 Å². The molecule has 0 spiro atoms. The summed E-state index contributed by atoms with van der Waals surface area (Å²) < 4.78 is 5.55. The molecular weight excluding hydrogens is 248 g/mol. The number of halogens is 1. The molecule has 4 heteroatoms. The van der Waals surface area contributed by atoms with E-state index in [1.807, 2.05) is 0 Å². The van der Waals surface area contributed by atoms with E-state index in [-0.39, 0.29) is 6.10 Å². The van der Waals surface area contributed by atoms with Crippen molar-refractivity contribution in [3.8, 4) is 0 Å². The molecule has 0 aromatic carbocycles. The lowest BCUT2D eigenvalue weighted by atomic mass is 10.1. The van der Waals surface area contributed by atoms with E-state index in [2.05, 4.69) is 4.98 Å². The van der Waals surface area contributed by atoms with Gasteiger partial charge in [-0.05, 0) is 44.4 Å². The Labute approximate surface area is 113 Å². The maximum Gasteiger partial charge on any atom is 0.159 e. The van der Waals surface area contributed by atoms with Crippen LogP contribution in [-0.4, -0.2) is 17.1 Å². The highest BCUT2D eigenvalue weighted by Gasteiger charge is 2.35. The van der Waals surface area contributed by atoms with Crippen molar-refractivity contribution in [2.75, 3.05) is 7.11 Å². The summed E-state index contributed by atoms with van der Waals surface area (Å²) in [5, 5.41) is 0.652. The number of methoxy groups -OCH3 is 1. The molecule has 3 rings (SSSR count). The molecule has 0 radical (unpaired) electrons. The van der Waals surface area contributed by atoms with E-state index in [1.54, 1.807) is 7.11 Å². The lowest BCUT2D eigenvalue weighted by Crippen LogP contribution is -2.12. The van der Waals surface area contributed by atoms with Crippen LogP contribution in [0.4, 0.5) is 0 Å². The first kappa shape index (κ1) is 12.4. The predicted molar refractivity (Wildman–Crippen MR) is 70.8 cm³/mol. The van der Waals surface area contributed by atoms with Gasteiger partial charge in [0.2, 0.25) is 0 Å². The number of aryl methyl sites for hydroxylation is 1. The third-order valence-corrected chi connectivity index (χ3v) is 4.27. The van der Waals surface area contributed by atoms with Crippen molar-refractivity contribution in [1.29, 1.82) is 0 Å². The lowest BCUT2D eigenvalue weighted by Gasteiger charge is -2.16. The Morgan fingerprint density at radius 1 is 1.17 bits per heavy atom. The standard InChI is InChI=1S/C14H19ClN2O/c1-18-12(9-7-8-9)14-16-11-6-4-2-3-5-10(11)13(15)17-14/h9,12H,2-8H2,1H3. The second kappa shape index (κ2) is 5.14. The molecule has 1 aromatic heterocycles. The van der Waals surface area contributed by atoms with Gasteiger partial charge in [0.15, 0.2) is 5.82 Å². The molecule has 2 aliphatic rings. The quantitative estimate of drug-likeness (QED) is 0.620. The highest BCUT2D eigenvalue weighted by Crippen LogP contribution is 2.42. The largest absolute Gasteiger partial charge is 0.373 e. The van der Waals surface area contributed by atoms with Crippen molar-refractivity contribution in [2.45, 2.75) is 51.0 Å². The molecule has 1 saturated carbocycles. The van der Waals surface area contributed by atoms with Crippen LogP contribution in [0.25, 0.3) is 0 Å². The summed E-state index contributed by atoms with van der Waals surface area (Å²) in [6, 6.07) is 0. The van der Waals surface area contributed by atoms with E-state index in [4.69, 9.17) is 21.3 Å². The number of fused-ring (bicyclic) bond motifs is 1. The third kappa shape index (κ3) is 2.39. The molecule has 2 aliphatic carbocycles. The Morgan fingerprint density at radius 2 is 1.94 bits per heavy atom. The van der Waals surface area contributed by atoms with E-state index in [1.165, 1.54) is 37.7 Å². The third-order valence-electron chi connectivity index (χ3n) is 3.96. The summed E-state index contributed by atoms with van der Waals surface area (Å²) in [6.45, 7) is 0. The molecule has 1 heterocycles. The first-order valence-corrected chi connectivity index (χ1v) is 7.25. The molecule has 1 unspecified atom stereocenters. The monoisotopic (exact) mass is 266 g/mol. The van der Waals surface area contributed by atoms with Crippen LogP contribution >= 0.6 is 11.6 Å². The predicted octanol–water partition coefficient (Wildman–Crippen LogP) is 3.50. The summed E-state index contributed by atoms with van der Waals surface area (Å²) in [6.07, 6.45) is 8.20. The van der Waals surface area contributed by atoms with Crippen LogP contribution in [0.1, 0.15) is 55.3 Å². The van der Waals surface area contributed by atoms with Gasteiger partial charge in [-0.2, -0.15) is 0 Å². The Kier molecular flexibility index (Phi) is 3.53. The van der Waals surface area contributed by atoms with Crippen LogP contribution in [0.3, 0.4) is 0 Å². The van der Waals surface area contributed by atoms with Crippen LogP contribution in [0.5, 0.6) is 0 Å². The van der Waals surface area contributed by atoms with E-state index < -0.39 is 0 Å². The average molecular weight is 267 g/mol. The van der Waals surface area contributed by atoms with Crippen LogP contribution in [0.15, 0.2) is 0 Å². The smallest absolute Gasteiger partial charge is 0.159 e. The fourth-order valence-electron chi connectivity index (χ4n) is 2.78. The number of aromatic nitrogens is 2. The van der Waals surface area contributed by atoms with E-state index in [0.717, 1.165) is 24.4 Å². The summed E-state index contributed by atoms with van der Waals surface area (Å²) >= 11 is 6.34. The zero-order valence-electron chi connectivity index (χ0n) is 10.8. The molecule has 1 atom stereocenters. The lowest BCUT2D eigenvalue weighted by molar-refractivity contribution is 0.0770. The normalized spacial score (nSPS) is 21.2. The van der Waals surface area contributed by atoms with Crippen molar-refractivity contribution in [2.24, 2.45) is 5.92 Å². The van der Waals surface area contributed by atoms with E-state index >= 15 is 0 Å². The van der Waals surface area contributed by atoms with Crippen molar-refractivity contribution in [1.82, 2.24) is 9.97 Å². The molecule has 0 N–H and O–H groups in total. The fraction of sp³-hybridized carbons (Fsp3) is 0.714. The van der Waals surface area contributed by atoms with Crippen molar-refractivity contribution >= 4 is 11.6 Å². The molecule has 1 fully saturated rings. The van der Waals surface area contributed by atoms with Gasteiger partial charge < -0.3 is 4.74 Å². The number of nitrogens with zero attached hydrogens (tertiary/aromatic N) is 2. The van der Waals surface area contributed by atoms with E-state index in [0.29, 0.717) is 11.1 Å². The zero-order valence-corrected chi connectivity index (χ0v) is 11.5. The van der Waals surface area contributed by atoms with Gasteiger partial charge in [0, 0.05) is 18.4 Å². The van der Waals surface area contributed by atoms with E-state index in [9.17, 15) is 0 Å². The minimum Gasteiger partial charge on any atom is -0.373 e. The number of ether oxygens (including phenoxy) is 1. The number of rotatable bonds is 3. The molecular formula is C14H19ClN2O. The SMILES string of the molecule is COC(c1nc(Cl)c2c(n1)CCCCC2)C1CC1. The summed E-state index contributed by atoms with van der Waals surface area (Å²) in [4.78, 5) is 9.24. The van der Waals surface area contributed by atoms with Crippen molar-refractivity contribution in [3.05, 3.63) is 22.2 Å². The van der Waals surface area contributed by atoms with Crippen LogP contribution < -0.4 is 0 Å². The van der Waals surface area contributed by atoms with Gasteiger partial charge in [-0.25, -0.2) is 9.97 Å². The van der Waals surface area contributed by atoms with Crippen molar-refractivity contribution < 1.29 is 4.74 Å².